The van der Waals surface area contributed by atoms with Gasteiger partial charge in [0.15, 0.2) is 5.78 Å². The highest BCUT2D eigenvalue weighted by atomic mass is 32.1. The summed E-state index contributed by atoms with van der Waals surface area (Å²) in [4.78, 5) is 28.1. The number of carbonyl (C=O) groups is 2. The van der Waals surface area contributed by atoms with E-state index in [1.807, 2.05) is 11.4 Å². The Morgan fingerprint density at radius 2 is 1.97 bits per heavy atom. The van der Waals surface area contributed by atoms with Crippen molar-refractivity contribution < 1.29 is 14.3 Å². The van der Waals surface area contributed by atoms with Crippen LogP contribution in [0.2, 0.25) is 0 Å². The second kappa shape index (κ2) is 8.31. The summed E-state index contributed by atoms with van der Waals surface area (Å²) in [5, 5.41) is 5.20. The number of ketones is 1. The monoisotopic (exact) mass is 452 g/mol. The number of nitrogens with one attached hydrogen (secondary N) is 1. The molecule has 1 aliphatic carbocycles. The Labute approximate surface area is 194 Å². The zero-order chi connectivity index (χ0) is 22.5. The minimum absolute atomic E-state index is 0.00893. The minimum Gasteiger partial charge on any atom is -0.445 e. The molecule has 4 heterocycles. The second-order valence-electron chi connectivity index (χ2n) is 10.3. The van der Waals surface area contributed by atoms with E-state index < -0.39 is 0 Å². The second-order valence-corrected chi connectivity index (χ2v) is 11.2. The van der Waals surface area contributed by atoms with Crippen LogP contribution in [-0.4, -0.2) is 42.5 Å². The first-order chi connectivity index (χ1) is 15.3. The first kappa shape index (κ1) is 21.7. The molecule has 0 saturated carbocycles. The molecule has 2 atom stereocenters. The number of hydrogen-bond donors (Lipinski definition) is 1. The van der Waals surface area contributed by atoms with E-state index >= 15 is 0 Å². The summed E-state index contributed by atoms with van der Waals surface area (Å²) in [7, 11) is 0. The molecule has 1 aromatic carbocycles. The molecule has 2 bridgehead atoms. The molecule has 3 aliphatic heterocycles. The number of fused-ring (bicyclic) bond motifs is 4. The molecule has 1 aromatic heterocycles. The third-order valence-corrected chi connectivity index (χ3v) is 8.70. The maximum absolute atomic E-state index is 12.9. The van der Waals surface area contributed by atoms with Gasteiger partial charge < -0.3 is 10.1 Å². The predicted octanol–water partition coefficient (Wildman–Crippen LogP) is 5.45. The van der Waals surface area contributed by atoms with Crippen LogP contribution >= 0.6 is 11.3 Å². The molecule has 4 aliphatic rings. The number of ether oxygens (including phenoxy) is 1. The Balaban J connectivity index is 1.37. The number of aryl methyl sites for hydroxylation is 1. The number of amides is 1. The first-order valence-electron chi connectivity index (χ1n) is 11.7. The van der Waals surface area contributed by atoms with E-state index in [1.54, 1.807) is 6.92 Å². The first-order valence-corrected chi connectivity index (χ1v) is 12.6. The van der Waals surface area contributed by atoms with Gasteiger partial charge in [0, 0.05) is 12.1 Å². The third-order valence-electron chi connectivity index (χ3n) is 7.69. The smallest absolute Gasteiger partial charge is 0.407 e. The van der Waals surface area contributed by atoms with Crippen LogP contribution in [0.15, 0.2) is 29.6 Å². The Hall–Kier alpha value is -2.18. The topological polar surface area (TPSA) is 58.6 Å². The number of piperidine rings is 3. The number of nitrogens with zero attached hydrogens (tertiary/aromatic N) is 1. The summed E-state index contributed by atoms with van der Waals surface area (Å²) in [6.45, 7) is 9.19. The summed E-state index contributed by atoms with van der Waals surface area (Å²) in [6, 6.07) is 8.35. The molecular weight excluding hydrogens is 420 g/mol. The average molecular weight is 453 g/mol. The van der Waals surface area contributed by atoms with Gasteiger partial charge in [0.25, 0.3) is 0 Å². The average Bonchev–Trinajstić information content (AvgIpc) is 3.27. The van der Waals surface area contributed by atoms with E-state index in [-0.39, 0.29) is 29.4 Å². The number of hydrogen-bond acceptors (Lipinski definition) is 5. The summed E-state index contributed by atoms with van der Waals surface area (Å²) >= 11 is 1.49. The molecule has 5 nitrogen and oxygen atoms in total. The van der Waals surface area contributed by atoms with Gasteiger partial charge in [0.1, 0.15) is 6.10 Å². The maximum atomic E-state index is 12.9. The molecule has 0 radical (unpaired) electrons. The van der Waals surface area contributed by atoms with Crippen molar-refractivity contribution in [3.05, 3.63) is 45.6 Å². The lowest BCUT2D eigenvalue weighted by Gasteiger charge is -2.44. The van der Waals surface area contributed by atoms with Crippen LogP contribution in [0.1, 0.15) is 66.9 Å². The van der Waals surface area contributed by atoms with Crippen molar-refractivity contribution in [1.29, 1.82) is 0 Å². The number of rotatable bonds is 4. The molecule has 1 unspecified atom stereocenters. The highest BCUT2D eigenvalue weighted by Gasteiger charge is 2.40. The van der Waals surface area contributed by atoms with Crippen LogP contribution in [0.3, 0.4) is 0 Å². The summed E-state index contributed by atoms with van der Waals surface area (Å²) in [5.74, 6) is 0.602. The van der Waals surface area contributed by atoms with Gasteiger partial charge in [-0.25, -0.2) is 4.79 Å². The number of alkyl carbamates (subject to hydrolysis) is 1. The van der Waals surface area contributed by atoms with Crippen LogP contribution in [0.4, 0.5) is 4.79 Å². The van der Waals surface area contributed by atoms with Gasteiger partial charge in [-0.3, -0.25) is 9.69 Å². The summed E-state index contributed by atoms with van der Waals surface area (Å²) < 4.78 is 5.93. The predicted molar refractivity (Wildman–Crippen MR) is 127 cm³/mol. The maximum Gasteiger partial charge on any atom is 0.407 e. The number of benzene rings is 1. The fourth-order valence-corrected chi connectivity index (χ4v) is 6.53. The SMILES string of the molecule is CC(=O)c1sccc1-c1ccc2c(c1)CCC(C)(C)C2NC(=O)O[C@H]1CN2CCC1CC2. The molecule has 1 amide bonds. The van der Waals surface area contributed by atoms with Crippen LogP contribution < -0.4 is 5.32 Å². The molecular formula is C26H32N2O3S. The van der Waals surface area contributed by atoms with E-state index in [9.17, 15) is 9.59 Å². The lowest BCUT2D eigenvalue weighted by atomic mass is 9.70. The van der Waals surface area contributed by atoms with Crippen LogP contribution in [0, 0.1) is 11.3 Å². The van der Waals surface area contributed by atoms with Crippen LogP contribution in [-0.2, 0) is 11.2 Å². The molecule has 0 spiro atoms. The van der Waals surface area contributed by atoms with Crippen LogP contribution in [0.5, 0.6) is 0 Å². The van der Waals surface area contributed by atoms with Gasteiger partial charge >= 0.3 is 6.09 Å². The normalized spacial score (nSPS) is 28.1. The molecule has 6 heteroatoms. The van der Waals surface area contributed by atoms with Crippen molar-refractivity contribution in [2.45, 2.75) is 58.6 Å². The van der Waals surface area contributed by atoms with Crippen molar-refractivity contribution in [2.75, 3.05) is 19.6 Å². The Morgan fingerprint density at radius 3 is 2.66 bits per heavy atom. The fourth-order valence-electron chi connectivity index (χ4n) is 5.71. The van der Waals surface area contributed by atoms with Gasteiger partial charge in [-0.2, -0.15) is 0 Å². The Bertz CT molecular complexity index is 1040. The Morgan fingerprint density at radius 1 is 1.19 bits per heavy atom. The number of thiophene rings is 1. The summed E-state index contributed by atoms with van der Waals surface area (Å²) in [6.07, 6.45) is 3.91. The Kier molecular flexibility index (Phi) is 5.62. The molecule has 6 rings (SSSR count). The van der Waals surface area contributed by atoms with Gasteiger partial charge in [-0.1, -0.05) is 32.0 Å². The van der Waals surface area contributed by atoms with Gasteiger partial charge in [-0.05, 0) is 85.2 Å². The van der Waals surface area contributed by atoms with Crippen molar-refractivity contribution in [3.63, 3.8) is 0 Å². The molecule has 1 N–H and O–H groups in total. The fraction of sp³-hybridized carbons (Fsp3) is 0.538. The molecule has 3 fully saturated rings. The molecule has 170 valence electrons. The van der Waals surface area contributed by atoms with Gasteiger partial charge in [-0.15, -0.1) is 11.3 Å². The lowest BCUT2D eigenvalue weighted by Crippen LogP contribution is -2.53. The van der Waals surface area contributed by atoms with E-state index in [2.05, 4.69) is 42.3 Å². The quantitative estimate of drug-likeness (QED) is 0.627. The zero-order valence-electron chi connectivity index (χ0n) is 19.1. The summed E-state index contributed by atoms with van der Waals surface area (Å²) in [5.41, 5.74) is 4.42. The van der Waals surface area contributed by atoms with E-state index in [0.29, 0.717) is 5.92 Å². The molecule has 32 heavy (non-hydrogen) atoms. The highest BCUT2D eigenvalue weighted by Crippen LogP contribution is 2.45. The van der Waals surface area contributed by atoms with Crippen molar-refractivity contribution in [2.24, 2.45) is 11.3 Å². The van der Waals surface area contributed by atoms with Gasteiger partial charge in [0.05, 0.1) is 10.9 Å². The lowest BCUT2D eigenvalue weighted by molar-refractivity contribution is -0.0353. The number of carbonyl (C=O) groups excluding carboxylic acids is 2. The van der Waals surface area contributed by atoms with Crippen molar-refractivity contribution >= 4 is 23.2 Å². The van der Waals surface area contributed by atoms with Crippen molar-refractivity contribution in [1.82, 2.24) is 10.2 Å². The third kappa shape index (κ3) is 3.99. The van der Waals surface area contributed by atoms with E-state index in [4.69, 9.17) is 4.74 Å². The molecule has 2 aromatic rings. The van der Waals surface area contributed by atoms with E-state index in [1.165, 1.54) is 16.9 Å². The minimum atomic E-state index is -0.296. The molecule has 3 saturated heterocycles. The zero-order valence-corrected chi connectivity index (χ0v) is 20.0. The number of Topliss-reactive ketones (excluding diaryl/α,β-unsaturated/α-hetero) is 1. The standard InChI is InChI=1S/C26H32N2O3S/c1-16(29)23-20(9-13-32-23)18-4-5-21-19(14-18)6-10-26(2,3)24(21)27-25(30)31-22-15-28-11-7-17(22)8-12-28/h4-5,9,13-14,17,22,24H,6-8,10-12,15H2,1-3H3,(H,27,30)/t22-,24?/m0/s1. The van der Waals surface area contributed by atoms with Gasteiger partial charge in [0.2, 0.25) is 0 Å². The highest BCUT2D eigenvalue weighted by molar-refractivity contribution is 7.12. The largest absolute Gasteiger partial charge is 0.445 e. The van der Waals surface area contributed by atoms with Crippen LogP contribution in [0.25, 0.3) is 11.1 Å². The van der Waals surface area contributed by atoms with E-state index in [0.717, 1.165) is 66.9 Å². The van der Waals surface area contributed by atoms with Crippen molar-refractivity contribution in [3.8, 4) is 11.1 Å².